The summed E-state index contributed by atoms with van der Waals surface area (Å²) in [6, 6.07) is 3.84. The number of aliphatic hydroxyl groups is 1. The molecule has 1 atom stereocenters. The minimum Gasteiger partial charge on any atom is -0.481 e. The molecule has 0 bridgehead atoms. The molecule has 3 N–H and O–H groups in total. The third-order valence-corrected chi connectivity index (χ3v) is 3.78. The second-order valence-electron chi connectivity index (χ2n) is 5.17. The average Bonchev–Trinajstić information content (AvgIpc) is 2.48. The molecule has 0 unspecified atom stereocenters. The van der Waals surface area contributed by atoms with E-state index in [1.54, 1.807) is 7.11 Å². The van der Waals surface area contributed by atoms with Crippen LogP contribution in [0.15, 0.2) is 18.3 Å². The van der Waals surface area contributed by atoms with E-state index >= 15 is 0 Å². The van der Waals surface area contributed by atoms with Gasteiger partial charge in [-0.15, -0.1) is 0 Å². The highest BCUT2D eigenvalue weighted by Gasteiger charge is 2.28. The van der Waals surface area contributed by atoms with Crippen LogP contribution in [0.5, 0.6) is 5.88 Å². The van der Waals surface area contributed by atoms with Crippen molar-refractivity contribution in [2.24, 2.45) is 11.7 Å². The molecule has 0 aliphatic carbocycles. The Morgan fingerprint density at radius 2 is 2.25 bits per heavy atom. The Balaban J connectivity index is 1.83. The number of methoxy groups -OCH3 is 1. The van der Waals surface area contributed by atoms with Gasteiger partial charge in [0.15, 0.2) is 0 Å². The number of aliphatic hydroxyl groups excluding tert-OH is 1. The van der Waals surface area contributed by atoms with Crippen LogP contribution in [0.25, 0.3) is 0 Å². The molecule has 2 rings (SSSR count). The number of ether oxygens (including phenoxy) is 1. The number of amides is 1. The van der Waals surface area contributed by atoms with Crippen LogP contribution in [0.3, 0.4) is 0 Å². The summed E-state index contributed by atoms with van der Waals surface area (Å²) >= 11 is 0. The van der Waals surface area contributed by atoms with E-state index in [1.807, 2.05) is 18.3 Å². The highest BCUT2D eigenvalue weighted by atomic mass is 16.5. The van der Waals surface area contributed by atoms with E-state index in [4.69, 9.17) is 10.5 Å². The van der Waals surface area contributed by atoms with Crippen LogP contribution in [0.1, 0.15) is 18.4 Å². The van der Waals surface area contributed by atoms with Crippen molar-refractivity contribution < 1.29 is 14.6 Å². The van der Waals surface area contributed by atoms with Gasteiger partial charge >= 0.3 is 0 Å². The van der Waals surface area contributed by atoms with Gasteiger partial charge < -0.3 is 15.6 Å². The fourth-order valence-electron chi connectivity index (χ4n) is 2.54. The highest BCUT2D eigenvalue weighted by Crippen LogP contribution is 2.22. The normalized spacial score (nSPS) is 18.7. The van der Waals surface area contributed by atoms with Crippen molar-refractivity contribution in [1.82, 2.24) is 9.88 Å². The first-order chi connectivity index (χ1) is 9.60. The molecule has 0 saturated carbocycles. The number of hydrogen-bond donors (Lipinski definition) is 2. The molecule has 1 fully saturated rings. The summed E-state index contributed by atoms with van der Waals surface area (Å²) in [5.41, 5.74) is 6.25. The first-order valence-electron chi connectivity index (χ1n) is 6.79. The number of rotatable bonds is 5. The summed E-state index contributed by atoms with van der Waals surface area (Å²) in [5, 5.41) is 9.67. The minimum absolute atomic E-state index is 0.0160. The number of nitrogens with zero attached hydrogens (tertiary/aromatic N) is 2. The predicted octanol–water partition coefficient (Wildman–Crippen LogP) is 0.148. The lowest BCUT2D eigenvalue weighted by Gasteiger charge is -2.33. The molecule has 2 heterocycles. The van der Waals surface area contributed by atoms with Gasteiger partial charge in [-0.05, 0) is 37.4 Å². The molecular formula is C14H21N3O3. The summed E-state index contributed by atoms with van der Waals surface area (Å²) in [6.07, 6.45) is 2.37. The Labute approximate surface area is 118 Å². The van der Waals surface area contributed by atoms with Gasteiger partial charge in [0.05, 0.1) is 7.11 Å². The third kappa shape index (κ3) is 3.68. The molecule has 1 aliphatic rings. The molecule has 20 heavy (non-hydrogen) atoms. The van der Waals surface area contributed by atoms with E-state index in [0.717, 1.165) is 38.0 Å². The van der Waals surface area contributed by atoms with Crippen molar-refractivity contribution in [3.63, 3.8) is 0 Å². The molecule has 0 radical (unpaired) electrons. The van der Waals surface area contributed by atoms with Gasteiger partial charge in [-0.25, -0.2) is 4.98 Å². The molecule has 6 nitrogen and oxygen atoms in total. The van der Waals surface area contributed by atoms with Crippen LogP contribution < -0.4 is 10.5 Å². The maximum Gasteiger partial charge on any atom is 0.246 e. The smallest absolute Gasteiger partial charge is 0.246 e. The first kappa shape index (κ1) is 14.7. The Morgan fingerprint density at radius 3 is 2.75 bits per heavy atom. The number of aromatic nitrogens is 1. The average molecular weight is 279 g/mol. The Kier molecular flexibility index (Phi) is 4.92. The predicted molar refractivity (Wildman–Crippen MR) is 74.0 cm³/mol. The van der Waals surface area contributed by atoms with Crippen LogP contribution in [0.2, 0.25) is 0 Å². The summed E-state index contributed by atoms with van der Waals surface area (Å²) in [5.74, 6) is -0.0300. The van der Waals surface area contributed by atoms with E-state index in [1.165, 1.54) is 0 Å². The quantitative estimate of drug-likeness (QED) is 0.801. The minimum atomic E-state index is -1.01. The number of likely N-dealkylation sites (tertiary alicyclic amines) is 1. The fraction of sp³-hybridized carbons (Fsp3) is 0.571. The Hall–Kier alpha value is -1.66. The fourth-order valence-corrected chi connectivity index (χ4v) is 2.54. The molecule has 1 saturated heterocycles. The van der Waals surface area contributed by atoms with Crippen molar-refractivity contribution in [2.45, 2.75) is 25.5 Å². The van der Waals surface area contributed by atoms with Crippen LogP contribution >= 0.6 is 0 Å². The third-order valence-electron chi connectivity index (χ3n) is 3.78. The molecule has 0 aromatic carbocycles. The second-order valence-corrected chi connectivity index (χ2v) is 5.17. The Bertz CT molecular complexity index is 441. The van der Waals surface area contributed by atoms with E-state index in [2.05, 4.69) is 9.88 Å². The standard InChI is InChI=1S/C14H21N3O3/c1-20-12-3-2-10(8-16-12)9-17-6-4-11(5-7-17)13(18)14(15)19/h2-3,8,11,13,18H,4-7,9H2,1H3,(H2,15,19)/t13-/m1/s1. The van der Waals surface area contributed by atoms with Gasteiger partial charge in [0.25, 0.3) is 0 Å². The Morgan fingerprint density at radius 1 is 1.55 bits per heavy atom. The monoisotopic (exact) mass is 279 g/mol. The number of hydrogen-bond acceptors (Lipinski definition) is 5. The number of piperidine rings is 1. The summed E-state index contributed by atoms with van der Waals surface area (Å²) in [7, 11) is 1.59. The van der Waals surface area contributed by atoms with Crippen LogP contribution in [-0.4, -0.2) is 47.2 Å². The SMILES string of the molecule is COc1ccc(CN2CCC([C@@H](O)C(N)=O)CC2)cn1. The van der Waals surface area contributed by atoms with E-state index in [0.29, 0.717) is 5.88 Å². The lowest BCUT2D eigenvalue weighted by atomic mass is 9.91. The van der Waals surface area contributed by atoms with E-state index in [-0.39, 0.29) is 5.92 Å². The highest BCUT2D eigenvalue weighted by molar-refractivity contribution is 5.78. The van der Waals surface area contributed by atoms with Crippen LogP contribution in [0, 0.1) is 5.92 Å². The molecule has 6 heteroatoms. The van der Waals surface area contributed by atoms with Gasteiger partial charge in [0.1, 0.15) is 6.10 Å². The molecule has 1 amide bonds. The summed E-state index contributed by atoms with van der Waals surface area (Å²) in [6.45, 7) is 2.51. The maximum atomic E-state index is 11.0. The molecule has 1 aromatic rings. The van der Waals surface area contributed by atoms with Crippen LogP contribution in [-0.2, 0) is 11.3 Å². The molecular weight excluding hydrogens is 258 g/mol. The molecule has 1 aliphatic heterocycles. The van der Waals surface area contributed by atoms with Crippen molar-refractivity contribution in [1.29, 1.82) is 0 Å². The second kappa shape index (κ2) is 6.67. The van der Waals surface area contributed by atoms with Gasteiger partial charge in [-0.1, -0.05) is 6.07 Å². The van der Waals surface area contributed by atoms with Crippen molar-refractivity contribution in [2.75, 3.05) is 20.2 Å². The largest absolute Gasteiger partial charge is 0.481 e. The number of primary amides is 1. The van der Waals surface area contributed by atoms with Crippen molar-refractivity contribution >= 4 is 5.91 Å². The molecule has 0 spiro atoms. The number of carbonyl (C=O) groups excluding carboxylic acids is 1. The maximum absolute atomic E-state index is 11.0. The van der Waals surface area contributed by atoms with Gasteiger partial charge in [0, 0.05) is 18.8 Å². The summed E-state index contributed by atoms with van der Waals surface area (Å²) in [4.78, 5) is 17.4. The zero-order valence-electron chi connectivity index (χ0n) is 11.7. The van der Waals surface area contributed by atoms with E-state index < -0.39 is 12.0 Å². The first-order valence-corrected chi connectivity index (χ1v) is 6.79. The lowest BCUT2D eigenvalue weighted by molar-refractivity contribution is -0.129. The van der Waals surface area contributed by atoms with Crippen molar-refractivity contribution in [3.8, 4) is 5.88 Å². The number of pyridine rings is 1. The lowest BCUT2D eigenvalue weighted by Crippen LogP contribution is -2.42. The number of carbonyl (C=O) groups is 1. The van der Waals surface area contributed by atoms with E-state index in [9.17, 15) is 9.90 Å². The summed E-state index contributed by atoms with van der Waals surface area (Å²) < 4.78 is 5.03. The zero-order valence-corrected chi connectivity index (χ0v) is 11.7. The zero-order chi connectivity index (χ0) is 14.5. The molecule has 110 valence electrons. The molecule has 1 aromatic heterocycles. The van der Waals surface area contributed by atoms with Gasteiger partial charge in [-0.2, -0.15) is 0 Å². The van der Waals surface area contributed by atoms with Crippen molar-refractivity contribution in [3.05, 3.63) is 23.9 Å². The van der Waals surface area contributed by atoms with Gasteiger partial charge in [0.2, 0.25) is 11.8 Å². The number of nitrogens with two attached hydrogens (primary N) is 1. The van der Waals surface area contributed by atoms with Crippen LogP contribution in [0.4, 0.5) is 0 Å². The topological polar surface area (TPSA) is 88.7 Å². The van der Waals surface area contributed by atoms with Gasteiger partial charge in [-0.3, -0.25) is 9.69 Å².